The Morgan fingerprint density at radius 1 is 1.14 bits per heavy atom. The zero-order valence-electron chi connectivity index (χ0n) is 18.8. The van der Waals surface area contributed by atoms with Crippen LogP contribution in [0.2, 0.25) is 0 Å². The number of H-pyrrole nitrogens is 1. The number of benzene rings is 1. The van der Waals surface area contributed by atoms with Gasteiger partial charge in [0.05, 0.1) is 5.56 Å². The zero-order valence-corrected chi connectivity index (χ0v) is 19.6. The van der Waals surface area contributed by atoms with E-state index in [0.29, 0.717) is 22.5 Å². The Labute approximate surface area is 205 Å². The molecule has 0 saturated carbocycles. The van der Waals surface area contributed by atoms with Crippen molar-refractivity contribution in [3.05, 3.63) is 71.8 Å². The Kier molecular flexibility index (Phi) is 5.88. The van der Waals surface area contributed by atoms with Crippen molar-refractivity contribution in [3.8, 4) is 0 Å². The van der Waals surface area contributed by atoms with Gasteiger partial charge in [0.25, 0.3) is 5.91 Å². The number of carbonyl (C=O) groups excluding carboxylic acids is 1. The molecule has 3 N–H and O–H groups in total. The molecule has 0 unspecified atom stereocenters. The molecule has 0 aliphatic carbocycles. The van der Waals surface area contributed by atoms with Gasteiger partial charge in [-0.1, -0.05) is 0 Å². The minimum Gasteiger partial charge on any atom is -0.322 e. The topological polar surface area (TPSA) is 118 Å². The molecule has 5 aromatic rings. The molecule has 4 heterocycles. The van der Waals surface area contributed by atoms with E-state index in [-0.39, 0.29) is 0 Å². The minimum atomic E-state index is -4.74. The lowest BCUT2D eigenvalue weighted by Crippen LogP contribution is -2.17. The molecule has 4 aromatic heterocycles. The number of aromatic nitrogens is 7. The number of hydrogen-bond acceptors (Lipinski definition) is 7. The summed E-state index contributed by atoms with van der Waals surface area (Å²) in [5.41, 5.74) is 0.217. The maximum Gasteiger partial charge on any atom is 0.435 e. The van der Waals surface area contributed by atoms with Gasteiger partial charge in [0, 0.05) is 41.8 Å². The molecule has 1 amide bonds. The Hall–Kier alpha value is -4.33. The molecular weight excluding hydrogens is 495 g/mol. The summed E-state index contributed by atoms with van der Waals surface area (Å²) in [6, 6.07) is 12.2. The fourth-order valence-electron chi connectivity index (χ4n) is 3.43. The van der Waals surface area contributed by atoms with Crippen LogP contribution in [0.4, 0.5) is 30.5 Å². The largest absolute Gasteiger partial charge is 0.435 e. The lowest BCUT2D eigenvalue weighted by Gasteiger charge is -2.09. The smallest absolute Gasteiger partial charge is 0.322 e. The third-order valence-corrected chi connectivity index (χ3v) is 5.85. The first-order valence-corrected chi connectivity index (χ1v) is 11.3. The van der Waals surface area contributed by atoms with Gasteiger partial charge in [0.1, 0.15) is 5.52 Å². The highest BCUT2D eigenvalue weighted by Gasteiger charge is 2.39. The van der Waals surface area contributed by atoms with Crippen molar-refractivity contribution in [3.63, 3.8) is 0 Å². The highest BCUT2D eigenvalue weighted by Crippen LogP contribution is 2.32. The van der Waals surface area contributed by atoms with Crippen LogP contribution in [-0.2, 0) is 13.2 Å². The number of carbonyl (C=O) groups is 1. The molecule has 0 aliphatic rings. The van der Waals surface area contributed by atoms with Crippen LogP contribution < -0.4 is 10.6 Å². The maximum absolute atomic E-state index is 13.2. The summed E-state index contributed by atoms with van der Waals surface area (Å²) in [4.78, 5) is 17.8. The van der Waals surface area contributed by atoms with E-state index in [2.05, 4.69) is 36.0 Å². The first-order chi connectivity index (χ1) is 17.2. The molecule has 0 fully saturated rings. The standard InChI is InChI=1S/C22H18F3N9OS/c1-12-10-17(30-29-12)27-19-16-4-3-9-34(16)32-21(28-19)36-14-7-5-13(6-8-14)26-20(35)15-11-33(2)31-18(15)22(23,24)25/h3-11H,1-2H3,(H,26,35)(H2,27,28,29,30,32). The molecule has 0 radical (unpaired) electrons. The molecule has 36 heavy (non-hydrogen) atoms. The Morgan fingerprint density at radius 3 is 2.61 bits per heavy atom. The fraction of sp³-hybridized carbons (Fsp3) is 0.136. The second-order valence-corrected chi connectivity index (χ2v) is 8.83. The summed E-state index contributed by atoms with van der Waals surface area (Å²) in [5.74, 6) is 0.291. The van der Waals surface area contributed by atoms with Crippen LogP contribution in [0.3, 0.4) is 0 Å². The van der Waals surface area contributed by atoms with Crippen molar-refractivity contribution >= 4 is 40.5 Å². The van der Waals surface area contributed by atoms with Crippen molar-refractivity contribution in [2.75, 3.05) is 10.6 Å². The van der Waals surface area contributed by atoms with Crippen LogP contribution in [0.1, 0.15) is 21.7 Å². The third-order valence-electron chi connectivity index (χ3n) is 4.99. The fourth-order valence-corrected chi connectivity index (χ4v) is 4.18. The van der Waals surface area contributed by atoms with Gasteiger partial charge >= 0.3 is 6.18 Å². The maximum atomic E-state index is 13.2. The quantitative estimate of drug-likeness (QED) is 0.302. The first kappa shape index (κ1) is 23.4. The molecule has 5 rings (SSSR count). The molecule has 14 heteroatoms. The predicted molar refractivity (Wildman–Crippen MR) is 126 cm³/mol. The molecule has 0 spiro atoms. The van der Waals surface area contributed by atoms with E-state index in [4.69, 9.17) is 0 Å². The highest BCUT2D eigenvalue weighted by atomic mass is 32.2. The van der Waals surface area contributed by atoms with Crippen LogP contribution in [0.25, 0.3) is 5.52 Å². The average Bonchev–Trinajstić information content (AvgIpc) is 3.55. The SMILES string of the molecule is Cc1cc(Nc2nc(Sc3ccc(NC(=O)c4cn(C)nc4C(F)(F)F)cc3)nn3cccc23)n[nH]1. The van der Waals surface area contributed by atoms with Gasteiger partial charge in [-0.15, -0.1) is 5.10 Å². The van der Waals surface area contributed by atoms with E-state index >= 15 is 0 Å². The number of nitrogens with zero attached hydrogens (tertiary/aromatic N) is 6. The number of nitrogens with one attached hydrogen (secondary N) is 3. The van der Waals surface area contributed by atoms with Crippen molar-refractivity contribution < 1.29 is 18.0 Å². The number of fused-ring (bicyclic) bond motifs is 1. The van der Waals surface area contributed by atoms with Gasteiger partial charge in [-0.05, 0) is 55.1 Å². The minimum absolute atomic E-state index is 0.333. The number of halogens is 3. The molecular formula is C22H18F3N9OS. The molecule has 0 aliphatic heterocycles. The van der Waals surface area contributed by atoms with E-state index < -0.39 is 23.3 Å². The van der Waals surface area contributed by atoms with Crippen molar-refractivity contribution in [1.82, 2.24) is 34.6 Å². The highest BCUT2D eigenvalue weighted by molar-refractivity contribution is 7.99. The Balaban J connectivity index is 1.33. The number of aromatic amines is 1. The monoisotopic (exact) mass is 513 g/mol. The van der Waals surface area contributed by atoms with E-state index in [1.807, 2.05) is 25.1 Å². The van der Waals surface area contributed by atoms with Crippen LogP contribution in [0.15, 0.2) is 64.9 Å². The second kappa shape index (κ2) is 9.03. The van der Waals surface area contributed by atoms with Crippen LogP contribution in [0, 0.1) is 6.92 Å². The molecule has 10 nitrogen and oxygen atoms in total. The van der Waals surface area contributed by atoms with Gasteiger partial charge in [-0.3, -0.25) is 14.6 Å². The first-order valence-electron chi connectivity index (χ1n) is 10.5. The normalized spacial score (nSPS) is 11.7. The molecule has 0 atom stereocenters. The van der Waals surface area contributed by atoms with E-state index in [0.717, 1.165) is 27.0 Å². The number of aryl methyl sites for hydroxylation is 2. The van der Waals surface area contributed by atoms with Gasteiger partial charge < -0.3 is 10.6 Å². The number of hydrogen-bond donors (Lipinski definition) is 3. The lowest BCUT2D eigenvalue weighted by atomic mass is 10.2. The van der Waals surface area contributed by atoms with Gasteiger partial charge in [-0.25, -0.2) is 9.50 Å². The van der Waals surface area contributed by atoms with Gasteiger partial charge in [0.15, 0.2) is 17.3 Å². The number of rotatable bonds is 6. The number of amides is 1. The zero-order chi connectivity index (χ0) is 25.4. The number of anilines is 3. The molecule has 0 bridgehead atoms. The summed E-state index contributed by atoms with van der Waals surface area (Å²) < 4.78 is 42.1. The summed E-state index contributed by atoms with van der Waals surface area (Å²) in [6.45, 7) is 1.89. The molecule has 184 valence electrons. The van der Waals surface area contributed by atoms with E-state index in [1.54, 1.807) is 35.0 Å². The summed E-state index contributed by atoms with van der Waals surface area (Å²) in [7, 11) is 1.32. The number of alkyl halides is 3. The van der Waals surface area contributed by atoms with Crippen molar-refractivity contribution in [1.29, 1.82) is 0 Å². The van der Waals surface area contributed by atoms with Crippen LogP contribution in [0.5, 0.6) is 0 Å². The molecule has 1 aromatic carbocycles. The van der Waals surface area contributed by atoms with Crippen LogP contribution >= 0.6 is 11.8 Å². The van der Waals surface area contributed by atoms with Crippen molar-refractivity contribution in [2.45, 2.75) is 23.2 Å². The summed E-state index contributed by atoms with van der Waals surface area (Å²) >= 11 is 1.28. The second-order valence-electron chi connectivity index (χ2n) is 7.79. The lowest BCUT2D eigenvalue weighted by molar-refractivity contribution is -0.141. The van der Waals surface area contributed by atoms with E-state index in [9.17, 15) is 18.0 Å². The van der Waals surface area contributed by atoms with Gasteiger partial charge in [-0.2, -0.15) is 23.4 Å². The van der Waals surface area contributed by atoms with Gasteiger partial charge in [0.2, 0.25) is 5.16 Å². The third kappa shape index (κ3) is 4.88. The summed E-state index contributed by atoms with van der Waals surface area (Å²) in [5, 5.41) is 21.0. The average molecular weight is 514 g/mol. The van der Waals surface area contributed by atoms with E-state index in [1.165, 1.54) is 18.8 Å². The molecule has 0 saturated heterocycles. The predicted octanol–water partition coefficient (Wildman–Crippen LogP) is 4.66. The Morgan fingerprint density at radius 2 is 1.92 bits per heavy atom. The van der Waals surface area contributed by atoms with Crippen molar-refractivity contribution in [2.24, 2.45) is 7.05 Å². The Bertz CT molecular complexity index is 1550. The van der Waals surface area contributed by atoms with Crippen LogP contribution in [-0.4, -0.2) is 40.5 Å². The summed E-state index contributed by atoms with van der Waals surface area (Å²) in [6.07, 6.45) is -1.90.